The van der Waals surface area contributed by atoms with Crippen molar-refractivity contribution in [3.05, 3.63) is 47.9 Å². The molecule has 0 bridgehead atoms. The fourth-order valence-electron chi connectivity index (χ4n) is 2.21. The zero-order chi connectivity index (χ0) is 20.2. The van der Waals surface area contributed by atoms with E-state index in [0.717, 1.165) is 0 Å². The summed E-state index contributed by atoms with van der Waals surface area (Å²) < 4.78 is 36.8. The molecule has 1 heterocycles. The van der Waals surface area contributed by atoms with E-state index in [1.165, 1.54) is 43.5 Å². The summed E-state index contributed by atoms with van der Waals surface area (Å²) in [6.07, 6.45) is 0.318. The number of amides is 1. The third kappa shape index (κ3) is 5.41. The molecular formula is C18H22N2O6S. The Hall–Kier alpha value is -2.65. The van der Waals surface area contributed by atoms with Crippen LogP contribution in [0.1, 0.15) is 36.9 Å². The number of carbonyl (C=O) groups excluding carboxylic acids is 2. The maximum atomic E-state index is 12.2. The van der Waals surface area contributed by atoms with Gasteiger partial charge in [-0.1, -0.05) is 0 Å². The van der Waals surface area contributed by atoms with Crippen molar-refractivity contribution in [3.8, 4) is 0 Å². The van der Waals surface area contributed by atoms with Crippen LogP contribution in [0.5, 0.6) is 0 Å². The largest absolute Gasteiger partial charge is 0.469 e. The molecular weight excluding hydrogens is 372 g/mol. The number of sulfonamides is 1. The average molecular weight is 394 g/mol. The van der Waals surface area contributed by atoms with E-state index in [1.807, 2.05) is 0 Å². The first-order valence-corrected chi connectivity index (χ1v) is 9.77. The predicted octanol–water partition coefficient (Wildman–Crippen LogP) is 2.46. The van der Waals surface area contributed by atoms with Crippen LogP contribution in [-0.4, -0.2) is 32.4 Å². The van der Waals surface area contributed by atoms with Gasteiger partial charge in [0, 0.05) is 11.7 Å². The molecule has 0 spiro atoms. The SMILES string of the molecule is Cc1occc1C(=O)OC(C)C(=O)Nc1ccc(S(=O)(=O)NC(C)C)cc1. The highest BCUT2D eigenvalue weighted by Gasteiger charge is 2.21. The average Bonchev–Trinajstić information content (AvgIpc) is 3.00. The van der Waals surface area contributed by atoms with Gasteiger partial charge in [-0.2, -0.15) is 0 Å². The van der Waals surface area contributed by atoms with Crippen LogP contribution in [0.15, 0.2) is 45.9 Å². The number of carbonyl (C=O) groups is 2. The molecule has 9 heteroatoms. The molecule has 8 nitrogen and oxygen atoms in total. The van der Waals surface area contributed by atoms with Crippen molar-refractivity contribution in [1.29, 1.82) is 0 Å². The highest BCUT2D eigenvalue weighted by atomic mass is 32.2. The molecule has 0 saturated heterocycles. The van der Waals surface area contributed by atoms with Crippen molar-refractivity contribution < 1.29 is 27.2 Å². The van der Waals surface area contributed by atoms with Crippen LogP contribution < -0.4 is 10.0 Å². The van der Waals surface area contributed by atoms with E-state index in [2.05, 4.69) is 10.0 Å². The molecule has 0 saturated carbocycles. The zero-order valence-corrected chi connectivity index (χ0v) is 16.3. The van der Waals surface area contributed by atoms with Crippen LogP contribution >= 0.6 is 0 Å². The highest BCUT2D eigenvalue weighted by Crippen LogP contribution is 2.16. The third-order valence-corrected chi connectivity index (χ3v) is 5.23. The Morgan fingerprint density at radius 3 is 2.22 bits per heavy atom. The fraction of sp³-hybridized carbons (Fsp3) is 0.333. The van der Waals surface area contributed by atoms with Gasteiger partial charge in [-0.3, -0.25) is 4.79 Å². The summed E-state index contributed by atoms with van der Waals surface area (Å²) >= 11 is 0. The minimum atomic E-state index is -3.61. The van der Waals surface area contributed by atoms with Crippen molar-refractivity contribution in [2.45, 2.75) is 44.7 Å². The summed E-state index contributed by atoms with van der Waals surface area (Å²) in [5.74, 6) is -0.801. The van der Waals surface area contributed by atoms with Crippen LogP contribution in [0.2, 0.25) is 0 Å². The highest BCUT2D eigenvalue weighted by molar-refractivity contribution is 7.89. The Kier molecular flexibility index (Phi) is 6.40. The first kappa shape index (κ1) is 20.7. The monoisotopic (exact) mass is 394 g/mol. The molecule has 0 radical (unpaired) electrons. The minimum Gasteiger partial charge on any atom is -0.469 e. The molecule has 1 unspecified atom stereocenters. The molecule has 1 aromatic heterocycles. The molecule has 1 atom stereocenters. The van der Waals surface area contributed by atoms with Crippen LogP contribution in [-0.2, 0) is 19.6 Å². The van der Waals surface area contributed by atoms with Crippen LogP contribution in [0, 0.1) is 6.92 Å². The molecule has 0 aliphatic carbocycles. The number of rotatable bonds is 7. The molecule has 27 heavy (non-hydrogen) atoms. The Labute approximate surface area is 157 Å². The lowest BCUT2D eigenvalue weighted by atomic mass is 10.2. The summed E-state index contributed by atoms with van der Waals surface area (Å²) in [6.45, 7) is 6.50. The number of esters is 1. The maximum absolute atomic E-state index is 12.2. The molecule has 0 aliphatic rings. The summed E-state index contributed by atoms with van der Waals surface area (Å²) in [4.78, 5) is 24.3. The molecule has 0 fully saturated rings. The van der Waals surface area contributed by atoms with Crippen LogP contribution in [0.4, 0.5) is 5.69 Å². The number of hydrogen-bond donors (Lipinski definition) is 2. The van der Waals surface area contributed by atoms with Gasteiger partial charge in [-0.15, -0.1) is 0 Å². The number of aryl methyl sites for hydroxylation is 1. The molecule has 1 aromatic carbocycles. The second kappa shape index (κ2) is 8.36. The number of ether oxygens (including phenoxy) is 1. The number of furan rings is 1. The Bertz CT molecular complexity index is 916. The van der Waals surface area contributed by atoms with Crippen molar-refractivity contribution in [2.24, 2.45) is 0 Å². The van der Waals surface area contributed by atoms with E-state index in [1.54, 1.807) is 20.8 Å². The van der Waals surface area contributed by atoms with Gasteiger partial charge >= 0.3 is 5.97 Å². The van der Waals surface area contributed by atoms with Crippen LogP contribution in [0.3, 0.4) is 0 Å². The van der Waals surface area contributed by atoms with Gasteiger partial charge in [0.2, 0.25) is 10.0 Å². The lowest BCUT2D eigenvalue weighted by molar-refractivity contribution is -0.123. The van der Waals surface area contributed by atoms with Gasteiger partial charge in [-0.25, -0.2) is 17.9 Å². The summed E-state index contributed by atoms with van der Waals surface area (Å²) in [5.41, 5.74) is 0.632. The fourth-order valence-corrected chi connectivity index (χ4v) is 3.47. The van der Waals surface area contributed by atoms with Gasteiger partial charge in [0.1, 0.15) is 11.3 Å². The van der Waals surface area contributed by atoms with E-state index in [0.29, 0.717) is 11.4 Å². The standard InChI is InChI=1S/C18H22N2O6S/c1-11(2)20-27(23,24)15-7-5-14(6-8-15)19-17(21)13(4)26-18(22)16-9-10-25-12(16)3/h5-11,13,20H,1-4H3,(H,19,21). The Morgan fingerprint density at radius 1 is 1.07 bits per heavy atom. The van der Waals surface area contributed by atoms with Crippen molar-refractivity contribution in [1.82, 2.24) is 4.72 Å². The second-order valence-electron chi connectivity index (χ2n) is 6.23. The van der Waals surface area contributed by atoms with E-state index in [4.69, 9.17) is 9.15 Å². The van der Waals surface area contributed by atoms with Crippen molar-refractivity contribution in [3.63, 3.8) is 0 Å². The molecule has 2 N–H and O–H groups in total. The van der Waals surface area contributed by atoms with E-state index < -0.39 is 28.0 Å². The number of hydrogen-bond acceptors (Lipinski definition) is 6. The van der Waals surface area contributed by atoms with Crippen LogP contribution in [0.25, 0.3) is 0 Å². The lowest BCUT2D eigenvalue weighted by Crippen LogP contribution is -2.30. The molecule has 146 valence electrons. The second-order valence-corrected chi connectivity index (χ2v) is 7.94. The summed E-state index contributed by atoms with van der Waals surface area (Å²) in [6, 6.07) is 6.91. The first-order valence-electron chi connectivity index (χ1n) is 8.28. The van der Waals surface area contributed by atoms with Crippen molar-refractivity contribution in [2.75, 3.05) is 5.32 Å². The Morgan fingerprint density at radius 2 is 1.70 bits per heavy atom. The number of benzene rings is 1. The van der Waals surface area contributed by atoms with Gasteiger partial charge < -0.3 is 14.5 Å². The Balaban J connectivity index is 1.99. The summed E-state index contributed by atoms with van der Waals surface area (Å²) in [5, 5.41) is 2.57. The topological polar surface area (TPSA) is 115 Å². The van der Waals surface area contributed by atoms with E-state index in [9.17, 15) is 18.0 Å². The quantitative estimate of drug-likeness (QED) is 0.697. The smallest absolute Gasteiger partial charge is 0.342 e. The number of anilines is 1. The van der Waals surface area contributed by atoms with Gasteiger partial charge in [0.25, 0.3) is 5.91 Å². The van der Waals surface area contributed by atoms with E-state index >= 15 is 0 Å². The van der Waals surface area contributed by atoms with Gasteiger partial charge in [0.05, 0.1) is 11.2 Å². The lowest BCUT2D eigenvalue weighted by Gasteiger charge is -2.14. The normalized spacial score (nSPS) is 12.6. The van der Waals surface area contributed by atoms with Gasteiger partial charge in [0.15, 0.2) is 6.10 Å². The minimum absolute atomic E-state index is 0.0871. The molecule has 2 rings (SSSR count). The molecule has 2 aromatic rings. The molecule has 1 amide bonds. The first-order chi connectivity index (χ1) is 12.6. The van der Waals surface area contributed by atoms with E-state index in [-0.39, 0.29) is 16.5 Å². The number of nitrogens with one attached hydrogen (secondary N) is 2. The van der Waals surface area contributed by atoms with Crippen molar-refractivity contribution >= 4 is 27.6 Å². The summed E-state index contributed by atoms with van der Waals surface area (Å²) in [7, 11) is -3.61. The third-order valence-electron chi connectivity index (χ3n) is 3.55. The predicted molar refractivity (Wildman–Crippen MR) is 98.9 cm³/mol. The maximum Gasteiger partial charge on any atom is 0.342 e. The molecule has 0 aliphatic heterocycles. The van der Waals surface area contributed by atoms with Gasteiger partial charge in [-0.05, 0) is 58.0 Å². The zero-order valence-electron chi connectivity index (χ0n) is 15.5.